The van der Waals surface area contributed by atoms with E-state index in [1.807, 2.05) is 4.90 Å². The summed E-state index contributed by atoms with van der Waals surface area (Å²) < 4.78 is 33.2. The number of halogens is 2. The van der Waals surface area contributed by atoms with E-state index < -0.39 is 277 Å². The zero-order valence-corrected chi connectivity index (χ0v) is 72.2. The van der Waals surface area contributed by atoms with Crippen molar-refractivity contribution in [2.75, 3.05) is 40.8 Å². The molecule has 6 heterocycles. The molecular weight excluding hydrogens is 1720 g/mol. The van der Waals surface area contributed by atoms with Gasteiger partial charge in [-0.1, -0.05) is 99.8 Å². The van der Waals surface area contributed by atoms with E-state index >= 15 is 28.8 Å². The van der Waals surface area contributed by atoms with Crippen molar-refractivity contribution in [2.24, 2.45) is 17.8 Å². The second kappa shape index (κ2) is 40.9. The molecule has 2 aliphatic carbocycles. The molecule has 39 heteroatoms. The molecule has 0 saturated heterocycles. The molecule has 10 unspecified atom stereocenters. The molecule has 129 heavy (non-hydrogen) atoms. The Kier molecular flexibility index (Phi) is 30.0. The number of aliphatic hydroxyl groups excluding tert-OH is 8. The molecule has 2 saturated carbocycles. The quantitative estimate of drug-likeness (QED) is 0.0398. The van der Waals surface area contributed by atoms with Crippen LogP contribution in [0.4, 0.5) is 0 Å². The van der Waals surface area contributed by atoms with Crippen LogP contribution in [0.5, 0.6) is 69.0 Å². The van der Waals surface area contributed by atoms with Gasteiger partial charge in [-0.2, -0.15) is 0 Å². The summed E-state index contributed by atoms with van der Waals surface area (Å²) in [6.45, 7) is 3.86. The summed E-state index contributed by atoms with van der Waals surface area (Å²) in [5.74, 6) is -20.4. The number of nitrogens with one attached hydrogen (secondary N) is 9. The van der Waals surface area contributed by atoms with E-state index in [2.05, 4.69) is 61.7 Å². The number of benzene rings is 7. The molecule has 7 aromatic rings. The van der Waals surface area contributed by atoms with Gasteiger partial charge in [0.25, 0.3) is 0 Å². The second-order valence-corrected chi connectivity index (χ2v) is 34.6. The van der Waals surface area contributed by atoms with Crippen molar-refractivity contribution in [1.82, 2.24) is 52.8 Å². The molecule has 690 valence electrons. The maximum Gasteiger partial charge on any atom is 0.309 e. The largest absolute Gasteiger partial charge is 0.508 e. The molecule has 15 rings (SSSR count). The number of nitrogens with zero attached hydrogens (tertiary/aromatic N) is 1. The first-order chi connectivity index (χ1) is 61.5. The van der Waals surface area contributed by atoms with Crippen LogP contribution in [0, 0.1) is 17.8 Å². The van der Waals surface area contributed by atoms with Crippen molar-refractivity contribution in [3.63, 3.8) is 0 Å². The lowest BCUT2D eigenvalue weighted by Gasteiger charge is -2.41. The summed E-state index contributed by atoms with van der Waals surface area (Å²) in [5.41, 5.74) is -2.93. The highest BCUT2D eigenvalue weighted by molar-refractivity contribution is 6.32. The fourth-order valence-corrected chi connectivity index (χ4v) is 17.3. The van der Waals surface area contributed by atoms with Crippen LogP contribution in [0.25, 0.3) is 11.1 Å². The van der Waals surface area contributed by atoms with Crippen LogP contribution >= 0.6 is 23.2 Å². The Balaban J connectivity index is 1.05. The highest BCUT2D eigenvalue weighted by Gasteiger charge is 2.51. The lowest BCUT2D eigenvalue weighted by molar-refractivity contribution is -0.160. The van der Waals surface area contributed by atoms with Gasteiger partial charge in [-0.15, -0.1) is 0 Å². The number of ether oxygens (including phenoxy) is 5. The van der Waals surface area contributed by atoms with Crippen LogP contribution in [0.1, 0.15) is 166 Å². The van der Waals surface area contributed by atoms with Crippen LogP contribution in [-0.2, 0) is 43.2 Å². The molecular formula is C90H104Cl2N10O27. The summed E-state index contributed by atoms with van der Waals surface area (Å²) in [5, 5.41) is 175. The second-order valence-electron chi connectivity index (χ2n) is 33.8. The lowest BCUT2D eigenvalue weighted by atomic mass is 9.79. The third-order valence-electron chi connectivity index (χ3n) is 23.9. The molecule has 22 N–H and O–H groups in total. The highest BCUT2D eigenvalue weighted by atomic mass is 35.5. The zero-order chi connectivity index (χ0) is 92.8. The van der Waals surface area contributed by atoms with Crippen LogP contribution in [0.3, 0.4) is 0 Å². The number of unbranched alkanes of at least 4 members (excludes halogenated alkanes) is 5. The summed E-state index contributed by atoms with van der Waals surface area (Å²) >= 11 is 14.5. The molecule has 6 aliphatic heterocycles. The molecule has 8 aliphatic rings. The normalized spacial score (nSPS) is 26.3. The molecule has 37 nitrogen and oxygen atoms in total. The summed E-state index contributed by atoms with van der Waals surface area (Å²) in [7, 11) is 4.92. The Morgan fingerprint density at radius 3 is 1.70 bits per heavy atom. The molecule has 0 aromatic heterocycles. The number of likely N-dealkylation sites (N-methyl/N-ethyl adjacent to an activating group) is 1. The van der Waals surface area contributed by atoms with Gasteiger partial charge in [-0.05, 0) is 171 Å². The van der Waals surface area contributed by atoms with Gasteiger partial charge in [0.2, 0.25) is 53.0 Å². The number of fused-ring (bicyclic) bond motifs is 14. The van der Waals surface area contributed by atoms with E-state index in [0.717, 1.165) is 111 Å². The Labute approximate surface area is 749 Å². The predicted octanol–water partition coefficient (Wildman–Crippen LogP) is 4.99. The van der Waals surface area contributed by atoms with Crippen molar-refractivity contribution < 1.29 is 133 Å². The Morgan fingerprint density at radius 2 is 1.09 bits per heavy atom. The van der Waals surface area contributed by atoms with Gasteiger partial charge in [0.1, 0.15) is 125 Å². The number of aliphatic carboxylic acids is 1. The zero-order valence-electron chi connectivity index (χ0n) is 70.6. The Morgan fingerprint density at radius 1 is 0.527 bits per heavy atom. The third kappa shape index (κ3) is 21.4. The van der Waals surface area contributed by atoms with Crippen molar-refractivity contribution in [3.05, 3.63) is 164 Å². The molecule has 8 amide bonds. The number of aliphatic hydroxyl groups is 8. The number of rotatable bonds is 22. The maximum absolute atomic E-state index is 16.9. The monoisotopic (exact) mass is 1830 g/mol. The summed E-state index contributed by atoms with van der Waals surface area (Å²) in [6, 6.07) is 4.42. The van der Waals surface area contributed by atoms with Gasteiger partial charge in [0, 0.05) is 55.2 Å². The van der Waals surface area contributed by atoms with Crippen molar-refractivity contribution in [1.29, 1.82) is 0 Å². The van der Waals surface area contributed by atoms with Crippen molar-refractivity contribution in [2.45, 2.75) is 188 Å². The fraction of sp³-hybridized carbons (Fsp3) is 0.433. The number of hydrogen-bond donors (Lipinski definition) is 22. The first kappa shape index (κ1) is 94.8. The van der Waals surface area contributed by atoms with Gasteiger partial charge >= 0.3 is 5.97 Å². The van der Waals surface area contributed by atoms with Gasteiger partial charge in [-0.25, -0.2) is 0 Å². The van der Waals surface area contributed by atoms with Crippen LogP contribution in [0.2, 0.25) is 10.0 Å². The van der Waals surface area contributed by atoms with Crippen LogP contribution in [0.15, 0.2) is 115 Å². The minimum atomic E-state index is -2.45. The molecule has 17 bridgehead atoms. The number of phenols is 4. The van der Waals surface area contributed by atoms with Crippen LogP contribution in [-0.4, -0.2) is 226 Å². The predicted molar refractivity (Wildman–Crippen MR) is 460 cm³/mol. The minimum Gasteiger partial charge on any atom is -0.508 e. The number of phenolic OH excluding ortho intramolecular Hbond substituents is 4. The van der Waals surface area contributed by atoms with Gasteiger partial charge in [0.05, 0.1) is 34.2 Å². The van der Waals surface area contributed by atoms with E-state index in [1.54, 1.807) is 14.1 Å². The lowest BCUT2D eigenvalue weighted by Crippen LogP contribution is -2.63. The first-order valence-electron chi connectivity index (χ1n) is 42.3. The number of carbonyl (C=O) groups is 9. The van der Waals surface area contributed by atoms with E-state index in [1.165, 1.54) is 43.4 Å². The Hall–Kier alpha value is -11.9. The number of aromatic hydroxyl groups is 4. The molecule has 0 radical (unpaired) electrons. The number of carboxylic acid groups (broad SMARTS) is 1. The fourth-order valence-electron chi connectivity index (χ4n) is 16.9. The maximum atomic E-state index is 16.9. The van der Waals surface area contributed by atoms with Crippen molar-refractivity contribution in [3.8, 4) is 80.1 Å². The first-order valence-corrected chi connectivity index (χ1v) is 43.1. The third-order valence-corrected chi connectivity index (χ3v) is 24.4. The smallest absolute Gasteiger partial charge is 0.309 e. The molecule has 2 fully saturated rings. The van der Waals surface area contributed by atoms with Crippen LogP contribution < -0.4 is 71.5 Å². The van der Waals surface area contributed by atoms with E-state index in [4.69, 9.17) is 46.9 Å². The number of carbonyl (C=O) groups excluding carboxylic acids is 8. The number of carboxylic acids is 1. The van der Waals surface area contributed by atoms with Gasteiger partial charge in [0.15, 0.2) is 23.0 Å². The standard InChI is InChI=1S/C90H104Cl2N10O27/c1-39(2)13-10-8-6-7-9-11-14-65(108)95-72-61(37-52(90(123)124)78(112)80(72)114)129-82-63-31-45-32-64(82)127-58-22-18-43(29-54(58)92)76(110)74-89(122)99-71(83(116)94-23-12-24-102(4)5)51-35-48(105)36-60(128-62-33-46(38-103)77(111)81(115)79(62)113)66(51)50-27-40(15-19-55(50)106)68(85(118)101-74)96-87(120)70(45)97-86(119)69-44-25-47(104)34-49(26-44)125-59-30-41(16-20-56(59)107)67(93-3)84(117)100-73(88(121)98-69)75(109)42-17-21-57(126-63)53(91)28-42/h15-22,25-32,34-36,39,46,52,61-62,67-81,93,103-107,109-115H,6-14,23-24,33,37-38H2,1-5H3,(H,94,116)(H,95,108)(H,96,120)(H,97,119)(H,98,121)(H,99,122)(H,100,117)(H,101,118)(H,123,124)/t46?,52?,61?,62?,67-,68-,69+,70-,71+,72?,73-,74+,75-,76-,77?,78?,79?,80?,81?/m1/s1. The minimum absolute atomic E-state index is 0.0773. The van der Waals surface area contributed by atoms with Crippen molar-refractivity contribution >= 4 is 76.4 Å². The van der Waals surface area contributed by atoms with E-state index in [0.29, 0.717) is 31.7 Å². The Bertz CT molecular complexity index is 5400. The molecule has 0 spiro atoms. The molecule has 19 atom stereocenters. The SMILES string of the molecule is CN[C@H]1C(=O)N[C@H]2C(=O)N[C@H](C(=O)N[C@H]3C(=O)N[C@H]4C(=O)N[C@H](C(=O)N[C@H](C(=O)NCCCN(C)C)c5cc(O)cc(OC6CC(CO)C(O)C(O)C6O)c5-c5cc4ccc5O)[C@H](O)c4ccc(c(Cl)c4)Oc4cc3cc(c4OC3CC(C(=O)O)C(O)C(O)C3NC(=O)CCCCCCCCC(C)C)Oc3ccc(cc3Cl)[C@H]2O)c2cc(O)cc(c2)Oc2cc1ccc2O. The topological polar surface area (TPSA) is 574 Å². The van der Waals surface area contributed by atoms with E-state index in [9.17, 15) is 80.8 Å². The molecule has 7 aromatic carbocycles. The average Bonchev–Trinajstić information content (AvgIpc) is 0.759. The van der Waals surface area contributed by atoms with Gasteiger partial charge in [-0.3, -0.25) is 43.2 Å². The number of amides is 8. The van der Waals surface area contributed by atoms with E-state index in [-0.39, 0.29) is 52.5 Å². The summed E-state index contributed by atoms with van der Waals surface area (Å²) in [6.07, 6.45) is -12.8. The average molecular weight is 1830 g/mol. The number of hydrogen-bond acceptors (Lipinski definition) is 28. The van der Waals surface area contributed by atoms with Gasteiger partial charge < -0.3 is 143 Å². The summed E-state index contributed by atoms with van der Waals surface area (Å²) in [4.78, 5) is 141. The highest BCUT2D eigenvalue weighted by Crippen LogP contribution is 2.51.